The van der Waals surface area contributed by atoms with Crippen LogP contribution in [0.2, 0.25) is 0 Å². The molecular weight excluding hydrogens is 135 g/mol. The van der Waals surface area contributed by atoms with Crippen LogP contribution in [0.1, 0.15) is 0 Å². The van der Waals surface area contributed by atoms with Gasteiger partial charge in [-0.15, -0.1) is 0 Å². The number of hydrogen-bond donors (Lipinski definition) is 0. The molecule has 0 saturated carbocycles. The summed E-state index contributed by atoms with van der Waals surface area (Å²) in [7, 11) is 0. The average Bonchev–Trinajstić information content (AvgIpc) is 0. The van der Waals surface area contributed by atoms with Crippen LogP contribution in [0.5, 0.6) is 0 Å². The van der Waals surface area contributed by atoms with Gasteiger partial charge in [0.15, 0.2) is 0 Å². The predicted octanol–water partition coefficient (Wildman–Crippen LogP) is 4.30. The molecule has 1 radical (unpaired) electrons. The van der Waals surface area contributed by atoms with Gasteiger partial charge in [-0.05, 0) is 0 Å². The summed E-state index contributed by atoms with van der Waals surface area (Å²) >= 11 is 0. The van der Waals surface area contributed by atoms with Crippen molar-refractivity contribution in [1.29, 1.82) is 0 Å². The first-order chi connectivity index (χ1) is 0. The van der Waals surface area contributed by atoms with E-state index in [1.807, 2.05) is 0 Å². The van der Waals surface area contributed by atoms with Gasteiger partial charge in [-0.3, -0.25) is 0 Å². The molecule has 0 spiro atoms. The molecule has 0 rings (SSSR count). The number of nitrogens with two attached hydrogens (primary N) is 6. The van der Waals surface area contributed by atoms with Gasteiger partial charge in [-0.2, -0.15) is 0 Å². The van der Waals surface area contributed by atoms with Gasteiger partial charge in [0.25, 0.3) is 0 Å². The first-order valence-electron chi connectivity index (χ1n) is 0. The van der Waals surface area contributed by atoms with Crippen molar-refractivity contribution < 1.29 is 18.6 Å². The Kier molecular flexibility index (Phi) is 544000. The van der Waals surface area contributed by atoms with Crippen LogP contribution < -0.4 is 0 Å². The van der Waals surface area contributed by atoms with Crippen molar-refractivity contribution in [2.75, 3.05) is 0 Å². The topological polar surface area (TPSA) is 201 Å². The summed E-state index contributed by atoms with van der Waals surface area (Å²) in [5.74, 6) is 0. The summed E-state index contributed by atoms with van der Waals surface area (Å²) in [6.45, 7) is 0. The van der Waals surface area contributed by atoms with Crippen molar-refractivity contribution in [3.05, 3.63) is 36.9 Å². The van der Waals surface area contributed by atoms with Crippen LogP contribution in [0.4, 0.5) is 0 Å². The zero-order valence-electron chi connectivity index (χ0n) is 3.91. The third-order valence-electron chi connectivity index (χ3n) is 0. The van der Waals surface area contributed by atoms with Crippen molar-refractivity contribution >= 4 is 0 Å². The summed E-state index contributed by atoms with van der Waals surface area (Å²) in [6, 6.07) is 0. The van der Waals surface area contributed by atoms with Gasteiger partial charge in [0.05, 0.1) is 0 Å². The quantitative estimate of drug-likeness (QED) is 0.469. The van der Waals surface area contributed by atoms with E-state index in [2.05, 4.69) is 0 Å². The Morgan fingerprint density at radius 1 is 0.286 bits per heavy atom. The zero-order chi connectivity index (χ0) is 0. The molecule has 0 atom stereocenters. The van der Waals surface area contributed by atoms with Gasteiger partial charge in [-0.25, -0.2) is 0 Å². The number of hydrogen-bond acceptors (Lipinski definition) is 0. The fraction of sp³-hybridized carbons (Fsp3) is 0. The molecule has 0 aliphatic rings. The second-order valence-corrected chi connectivity index (χ2v) is 0. The molecule has 0 aromatic carbocycles. The molecule has 7 heavy (non-hydrogen) atoms. The Labute approximate surface area is 56.2 Å². The Morgan fingerprint density at radius 2 is 0.286 bits per heavy atom. The predicted molar refractivity (Wildman–Crippen MR) is 31.7 cm³/mol. The van der Waals surface area contributed by atoms with E-state index in [-0.39, 0.29) is 55.5 Å². The molecule has 12 N–H and O–H groups in total. The molecule has 6 nitrogen and oxygen atoms in total. The van der Waals surface area contributed by atoms with Crippen LogP contribution in [-0.4, -0.2) is 0 Å². The molecule has 0 amide bonds. The van der Waals surface area contributed by atoms with Gasteiger partial charge in [-0.1, -0.05) is 0 Å². The van der Waals surface area contributed by atoms with Crippen LogP contribution in [0.15, 0.2) is 0 Å². The van der Waals surface area contributed by atoms with Gasteiger partial charge < -0.3 is 36.9 Å². The van der Waals surface area contributed by atoms with E-state index in [4.69, 9.17) is 0 Å². The smallest absolute Gasteiger partial charge is 0 e. The van der Waals surface area contributed by atoms with Crippen LogP contribution in [0.3, 0.4) is 0 Å². The maximum atomic E-state index is 0. The van der Waals surface area contributed by atoms with E-state index >= 15 is 0 Å². The van der Waals surface area contributed by atoms with Crippen molar-refractivity contribution in [2.24, 2.45) is 0 Å². The molecule has 0 bridgehead atoms. The van der Waals surface area contributed by atoms with Crippen LogP contribution in [0, 0.1) is 0 Å². The molecule has 0 aliphatic carbocycles. The van der Waals surface area contributed by atoms with Crippen LogP contribution in [0.25, 0.3) is 36.9 Å². The monoisotopic (exact) mass is 147 g/mol. The molecule has 0 fully saturated rings. The SMILES string of the molecule is [NH2-].[NH2-].[NH2-].[NH2-].[NH2-].[NH2-].[V]. The third kappa shape index (κ3) is 1010. The standard InChI is InChI=1S/6H2N.V/h6*1H2;/q6*-1;. The molecule has 0 aromatic heterocycles. The van der Waals surface area contributed by atoms with Crippen LogP contribution >= 0.6 is 0 Å². The molecule has 0 aliphatic heterocycles. The summed E-state index contributed by atoms with van der Waals surface area (Å²) < 4.78 is 0. The second kappa shape index (κ2) is 1530. The minimum atomic E-state index is 0. The largest absolute Gasteiger partial charge is 0.693 e. The average molecular weight is 147 g/mol. The van der Waals surface area contributed by atoms with E-state index in [1.54, 1.807) is 0 Å². The minimum absolute atomic E-state index is 0. The summed E-state index contributed by atoms with van der Waals surface area (Å²) in [4.78, 5) is 0. The zero-order valence-corrected chi connectivity index (χ0v) is 5.31. The summed E-state index contributed by atoms with van der Waals surface area (Å²) in [5.41, 5.74) is 0. The fourth-order valence-corrected chi connectivity index (χ4v) is 0. The Hall–Kier alpha value is 0.344. The first-order valence-corrected chi connectivity index (χ1v) is 0. The summed E-state index contributed by atoms with van der Waals surface area (Å²) in [5, 5.41) is 0. The van der Waals surface area contributed by atoms with Crippen LogP contribution in [-0.2, 0) is 18.6 Å². The van der Waals surface area contributed by atoms with Crippen molar-refractivity contribution in [1.82, 2.24) is 0 Å². The van der Waals surface area contributed by atoms with Crippen molar-refractivity contribution in [3.8, 4) is 0 Å². The maximum Gasteiger partial charge on any atom is 0 e. The second-order valence-electron chi connectivity index (χ2n) is 0. The van der Waals surface area contributed by atoms with Gasteiger partial charge in [0.1, 0.15) is 0 Å². The van der Waals surface area contributed by atoms with Gasteiger partial charge in [0.2, 0.25) is 0 Å². The molecule has 0 heterocycles. The third-order valence-corrected chi connectivity index (χ3v) is 0. The summed E-state index contributed by atoms with van der Waals surface area (Å²) in [6.07, 6.45) is 0. The Bertz CT molecular complexity index is 4.14. The Balaban J connectivity index is 0. The van der Waals surface area contributed by atoms with E-state index in [1.165, 1.54) is 0 Å². The van der Waals surface area contributed by atoms with Gasteiger partial charge in [0, 0.05) is 18.6 Å². The Morgan fingerprint density at radius 3 is 0.286 bits per heavy atom. The molecule has 0 saturated heterocycles. The molecule has 0 aromatic rings. The first kappa shape index (κ1) is 2490. The molecule has 7 heteroatoms. The molecular formula is H12N6V-6. The van der Waals surface area contributed by atoms with E-state index < -0.39 is 0 Å². The number of rotatable bonds is 0. The fourth-order valence-electron chi connectivity index (χ4n) is 0. The molecule has 0 unspecified atom stereocenters. The van der Waals surface area contributed by atoms with Crippen molar-refractivity contribution in [2.45, 2.75) is 0 Å². The molecule has 53 valence electrons. The van der Waals surface area contributed by atoms with Gasteiger partial charge >= 0.3 is 0 Å². The minimum Gasteiger partial charge on any atom is -0.693 e. The van der Waals surface area contributed by atoms with Crippen molar-refractivity contribution in [3.63, 3.8) is 0 Å². The van der Waals surface area contributed by atoms with E-state index in [9.17, 15) is 0 Å². The van der Waals surface area contributed by atoms with E-state index in [0.29, 0.717) is 0 Å². The maximum absolute atomic E-state index is 0. The normalized spacial score (nSPS) is 0. The van der Waals surface area contributed by atoms with E-state index in [0.717, 1.165) is 0 Å².